The van der Waals surface area contributed by atoms with Gasteiger partial charge >= 0.3 is 5.97 Å². The number of hydrogen-bond acceptors (Lipinski definition) is 4. The topological polar surface area (TPSA) is 57.0 Å². The Bertz CT molecular complexity index is 793. The number of benzene rings is 1. The molecular weight excluding hydrogens is 254 g/mol. The fourth-order valence-corrected chi connectivity index (χ4v) is 2.18. The van der Waals surface area contributed by atoms with Crippen LogP contribution in [0.1, 0.15) is 10.5 Å². The zero-order chi connectivity index (χ0) is 14.1. The molecule has 0 spiro atoms. The van der Waals surface area contributed by atoms with Gasteiger partial charge in [-0.2, -0.15) is 5.10 Å². The number of para-hydroxylation sites is 1. The highest BCUT2D eigenvalue weighted by Crippen LogP contribution is 2.28. The number of aromatic nitrogens is 3. The number of fused-ring (bicyclic) bond motifs is 1. The molecule has 0 aliphatic heterocycles. The van der Waals surface area contributed by atoms with E-state index in [2.05, 4.69) is 10.1 Å². The smallest absolute Gasteiger partial charge is 0.356 e. The number of carbonyl (C=O) groups is 1. The fraction of sp³-hybridized carbons (Fsp3) is 0.133. The van der Waals surface area contributed by atoms with E-state index in [9.17, 15) is 4.79 Å². The first kappa shape index (κ1) is 12.3. The van der Waals surface area contributed by atoms with Crippen LogP contribution in [0.3, 0.4) is 0 Å². The molecule has 5 heteroatoms. The Balaban J connectivity index is 2.30. The lowest BCUT2D eigenvalue weighted by atomic mass is 10.0. The monoisotopic (exact) mass is 267 g/mol. The highest BCUT2D eigenvalue weighted by atomic mass is 16.5. The molecule has 0 fully saturated rings. The number of hydrogen-bond donors (Lipinski definition) is 0. The van der Waals surface area contributed by atoms with Gasteiger partial charge in [-0.15, -0.1) is 0 Å². The molecule has 5 nitrogen and oxygen atoms in total. The number of rotatable bonds is 2. The van der Waals surface area contributed by atoms with Crippen LogP contribution in [0.5, 0.6) is 0 Å². The molecule has 20 heavy (non-hydrogen) atoms. The number of aryl methyl sites for hydroxylation is 1. The first-order valence-electron chi connectivity index (χ1n) is 6.16. The summed E-state index contributed by atoms with van der Waals surface area (Å²) in [5, 5.41) is 5.15. The van der Waals surface area contributed by atoms with E-state index in [0.717, 1.165) is 22.0 Å². The first-order chi connectivity index (χ1) is 9.69. The molecule has 100 valence electrons. The molecule has 0 saturated heterocycles. The first-order valence-corrected chi connectivity index (χ1v) is 6.16. The van der Waals surface area contributed by atoms with Gasteiger partial charge in [-0.1, -0.05) is 18.2 Å². The molecule has 0 saturated carbocycles. The van der Waals surface area contributed by atoms with Gasteiger partial charge < -0.3 is 4.74 Å². The number of methoxy groups -OCH3 is 1. The van der Waals surface area contributed by atoms with Crippen molar-refractivity contribution in [3.8, 4) is 11.1 Å². The third-order valence-corrected chi connectivity index (χ3v) is 3.13. The molecule has 0 bridgehead atoms. The van der Waals surface area contributed by atoms with Gasteiger partial charge in [0.1, 0.15) is 5.69 Å². The maximum absolute atomic E-state index is 11.7. The lowest BCUT2D eigenvalue weighted by molar-refractivity contribution is 0.0594. The summed E-state index contributed by atoms with van der Waals surface area (Å²) in [6.07, 6.45) is 3.67. The van der Waals surface area contributed by atoms with Crippen molar-refractivity contribution in [3.05, 3.63) is 48.4 Å². The minimum absolute atomic E-state index is 0.296. The van der Waals surface area contributed by atoms with Crippen LogP contribution in [0.4, 0.5) is 0 Å². The van der Waals surface area contributed by atoms with Crippen molar-refractivity contribution in [1.82, 2.24) is 14.8 Å². The fourth-order valence-electron chi connectivity index (χ4n) is 2.18. The number of nitrogens with zero attached hydrogens (tertiary/aromatic N) is 3. The third kappa shape index (κ3) is 2.03. The summed E-state index contributed by atoms with van der Waals surface area (Å²) in [5.41, 5.74) is 2.92. The predicted molar refractivity (Wildman–Crippen MR) is 75.3 cm³/mol. The van der Waals surface area contributed by atoms with E-state index in [1.807, 2.05) is 37.5 Å². The second-order valence-electron chi connectivity index (χ2n) is 4.47. The molecule has 2 heterocycles. The highest BCUT2D eigenvalue weighted by molar-refractivity contribution is 5.99. The molecular formula is C15H13N3O2. The average molecular weight is 267 g/mol. The molecule has 1 aromatic carbocycles. The normalized spacial score (nSPS) is 10.7. The molecule has 0 N–H and O–H groups in total. The van der Waals surface area contributed by atoms with Crippen LogP contribution in [-0.2, 0) is 11.8 Å². The van der Waals surface area contributed by atoms with Crippen molar-refractivity contribution in [2.45, 2.75) is 0 Å². The van der Waals surface area contributed by atoms with Gasteiger partial charge in [-0.05, 0) is 17.7 Å². The van der Waals surface area contributed by atoms with Crippen molar-refractivity contribution >= 4 is 16.9 Å². The van der Waals surface area contributed by atoms with E-state index >= 15 is 0 Å². The Morgan fingerprint density at radius 3 is 2.80 bits per heavy atom. The van der Waals surface area contributed by atoms with Gasteiger partial charge in [0.2, 0.25) is 0 Å². The second-order valence-corrected chi connectivity index (χ2v) is 4.47. The number of carbonyl (C=O) groups excluding carboxylic acids is 1. The summed E-state index contributed by atoms with van der Waals surface area (Å²) in [6, 6.07) is 9.43. The summed E-state index contributed by atoms with van der Waals surface area (Å²) in [7, 11) is 3.21. The van der Waals surface area contributed by atoms with Gasteiger partial charge in [-0.3, -0.25) is 4.68 Å². The molecule has 0 amide bonds. The van der Waals surface area contributed by atoms with Crippen LogP contribution in [0.25, 0.3) is 22.0 Å². The standard InChI is InChI=1S/C15H13N3O2/c1-18-9-10(8-16-18)12-7-14(15(19)20-2)17-13-6-4-3-5-11(12)13/h3-9H,1-2H3. The Kier molecular flexibility index (Phi) is 2.95. The highest BCUT2D eigenvalue weighted by Gasteiger charge is 2.14. The minimum atomic E-state index is -0.444. The molecule has 0 aliphatic rings. The van der Waals surface area contributed by atoms with Crippen molar-refractivity contribution in [2.24, 2.45) is 7.05 Å². The van der Waals surface area contributed by atoms with Crippen LogP contribution in [0.2, 0.25) is 0 Å². The molecule has 3 aromatic rings. The Morgan fingerprint density at radius 2 is 2.10 bits per heavy atom. The van der Waals surface area contributed by atoms with E-state index in [4.69, 9.17) is 4.74 Å². The van der Waals surface area contributed by atoms with Gasteiger partial charge in [-0.25, -0.2) is 9.78 Å². The third-order valence-electron chi connectivity index (χ3n) is 3.13. The summed E-state index contributed by atoms with van der Waals surface area (Å²) < 4.78 is 6.48. The molecule has 0 aliphatic carbocycles. The SMILES string of the molecule is COC(=O)c1cc(-c2cnn(C)c2)c2ccccc2n1. The van der Waals surface area contributed by atoms with Crippen molar-refractivity contribution < 1.29 is 9.53 Å². The van der Waals surface area contributed by atoms with Crippen LogP contribution >= 0.6 is 0 Å². The maximum Gasteiger partial charge on any atom is 0.356 e. The minimum Gasteiger partial charge on any atom is -0.464 e. The Labute approximate surface area is 115 Å². The summed E-state index contributed by atoms with van der Waals surface area (Å²) in [4.78, 5) is 16.1. The number of ether oxygens (including phenoxy) is 1. The average Bonchev–Trinajstić information content (AvgIpc) is 2.91. The zero-order valence-electron chi connectivity index (χ0n) is 11.2. The van der Waals surface area contributed by atoms with Gasteiger partial charge in [0, 0.05) is 24.2 Å². The Morgan fingerprint density at radius 1 is 1.30 bits per heavy atom. The van der Waals surface area contributed by atoms with Crippen LogP contribution < -0.4 is 0 Å². The molecule has 3 rings (SSSR count). The van der Waals surface area contributed by atoms with E-state index in [1.165, 1.54) is 7.11 Å². The lowest BCUT2D eigenvalue weighted by Crippen LogP contribution is -2.04. The maximum atomic E-state index is 11.7. The summed E-state index contributed by atoms with van der Waals surface area (Å²) >= 11 is 0. The number of esters is 1. The van der Waals surface area contributed by atoms with Crippen LogP contribution in [-0.4, -0.2) is 27.8 Å². The summed E-state index contributed by atoms with van der Waals surface area (Å²) in [6.45, 7) is 0. The predicted octanol–water partition coefficient (Wildman–Crippen LogP) is 2.42. The van der Waals surface area contributed by atoms with Crippen molar-refractivity contribution in [1.29, 1.82) is 0 Å². The molecule has 0 atom stereocenters. The van der Waals surface area contributed by atoms with E-state index < -0.39 is 5.97 Å². The van der Waals surface area contributed by atoms with Gasteiger partial charge in [0.05, 0.1) is 18.8 Å². The quantitative estimate of drug-likeness (QED) is 0.669. The largest absolute Gasteiger partial charge is 0.464 e. The Hall–Kier alpha value is -2.69. The van der Waals surface area contributed by atoms with E-state index in [0.29, 0.717) is 5.69 Å². The summed E-state index contributed by atoms with van der Waals surface area (Å²) in [5.74, 6) is -0.444. The van der Waals surface area contributed by atoms with Crippen molar-refractivity contribution in [3.63, 3.8) is 0 Å². The lowest BCUT2D eigenvalue weighted by Gasteiger charge is -2.07. The van der Waals surface area contributed by atoms with Crippen LogP contribution in [0.15, 0.2) is 42.7 Å². The second kappa shape index (κ2) is 4.77. The van der Waals surface area contributed by atoms with E-state index in [1.54, 1.807) is 16.9 Å². The van der Waals surface area contributed by atoms with Gasteiger partial charge in [0.25, 0.3) is 0 Å². The number of pyridine rings is 1. The zero-order valence-corrected chi connectivity index (χ0v) is 11.2. The van der Waals surface area contributed by atoms with Crippen LogP contribution in [0, 0.1) is 0 Å². The molecule has 2 aromatic heterocycles. The van der Waals surface area contributed by atoms with E-state index in [-0.39, 0.29) is 0 Å². The molecule has 0 unspecified atom stereocenters. The van der Waals surface area contributed by atoms with Crippen molar-refractivity contribution in [2.75, 3.05) is 7.11 Å². The molecule has 0 radical (unpaired) electrons. The van der Waals surface area contributed by atoms with Gasteiger partial charge in [0.15, 0.2) is 0 Å².